The van der Waals surface area contributed by atoms with Crippen molar-refractivity contribution in [1.82, 2.24) is 10.3 Å². The molecule has 0 amide bonds. The molecule has 0 aliphatic heterocycles. The summed E-state index contributed by atoms with van der Waals surface area (Å²) in [5.41, 5.74) is 3.71. The number of rotatable bonds is 3. The van der Waals surface area contributed by atoms with Crippen LogP contribution in [0.25, 0.3) is 10.9 Å². The lowest BCUT2D eigenvalue weighted by Gasteiger charge is -2.35. The minimum atomic E-state index is 0.687. The second-order valence-corrected chi connectivity index (χ2v) is 6.75. The van der Waals surface area contributed by atoms with Crippen LogP contribution in [0.3, 0.4) is 0 Å². The molecule has 2 heteroatoms. The molecule has 1 saturated carbocycles. The van der Waals surface area contributed by atoms with Gasteiger partial charge in [0, 0.05) is 11.1 Å². The summed E-state index contributed by atoms with van der Waals surface area (Å²) < 4.78 is 0. The maximum Gasteiger partial charge on any atom is 0.0705 e. The van der Waals surface area contributed by atoms with Gasteiger partial charge in [-0.15, -0.1) is 0 Å². The number of aromatic nitrogens is 1. The molecule has 1 N–H and O–H groups in total. The van der Waals surface area contributed by atoms with E-state index in [0.29, 0.717) is 5.92 Å². The second-order valence-electron chi connectivity index (χ2n) is 6.75. The Morgan fingerprint density at radius 3 is 2.86 bits per heavy atom. The number of benzene rings is 1. The van der Waals surface area contributed by atoms with Crippen LogP contribution in [0.4, 0.5) is 0 Å². The highest BCUT2D eigenvalue weighted by Gasteiger charge is 2.29. The molecule has 0 spiro atoms. The Hall–Kier alpha value is -1.41. The summed E-state index contributed by atoms with van der Waals surface area (Å²) in [6, 6.07) is 11.2. The fraction of sp³-hybridized carbons (Fsp3) is 0.526. The highest BCUT2D eigenvalue weighted by Crippen LogP contribution is 2.40. The van der Waals surface area contributed by atoms with Crippen molar-refractivity contribution in [3.05, 3.63) is 41.6 Å². The van der Waals surface area contributed by atoms with Gasteiger partial charge in [-0.3, -0.25) is 4.98 Å². The second kappa shape index (κ2) is 6.15. The summed E-state index contributed by atoms with van der Waals surface area (Å²) in [5.74, 6) is 2.30. The van der Waals surface area contributed by atoms with Crippen LogP contribution in [0.5, 0.6) is 0 Å². The molecule has 1 aromatic carbocycles. The van der Waals surface area contributed by atoms with Crippen LogP contribution in [0, 0.1) is 18.8 Å². The van der Waals surface area contributed by atoms with Gasteiger partial charge in [0.2, 0.25) is 0 Å². The quantitative estimate of drug-likeness (QED) is 0.908. The van der Waals surface area contributed by atoms with Crippen LogP contribution in [0.2, 0.25) is 0 Å². The third-order valence-corrected chi connectivity index (χ3v) is 5.00. The predicted octanol–water partition coefficient (Wildman–Crippen LogP) is 4.28. The molecule has 3 atom stereocenters. The molecule has 21 heavy (non-hydrogen) atoms. The standard InChI is InChI=1S/C19H26N2/c1-13-4-6-17(12-20-3)18(10-13)15-8-9-19-16(11-15)7-5-14(2)21-19/h5,7-9,11,13,17-18,20H,4,6,10,12H2,1-3H3. The Morgan fingerprint density at radius 1 is 1.19 bits per heavy atom. The highest BCUT2D eigenvalue weighted by molar-refractivity contribution is 5.79. The third kappa shape index (κ3) is 3.11. The van der Waals surface area contributed by atoms with Crippen LogP contribution < -0.4 is 5.32 Å². The maximum absolute atomic E-state index is 4.62. The number of nitrogens with zero attached hydrogens (tertiary/aromatic N) is 1. The lowest BCUT2D eigenvalue weighted by molar-refractivity contribution is 0.245. The molecule has 0 bridgehead atoms. The number of hydrogen-bond donors (Lipinski definition) is 1. The van der Waals surface area contributed by atoms with Gasteiger partial charge >= 0.3 is 0 Å². The van der Waals surface area contributed by atoms with Crippen LogP contribution >= 0.6 is 0 Å². The monoisotopic (exact) mass is 282 g/mol. The molecule has 3 rings (SSSR count). The van der Waals surface area contributed by atoms with Gasteiger partial charge in [-0.1, -0.05) is 25.5 Å². The van der Waals surface area contributed by atoms with Crippen molar-refractivity contribution in [3.8, 4) is 0 Å². The molecule has 112 valence electrons. The first-order valence-electron chi connectivity index (χ1n) is 8.19. The molecule has 1 aliphatic rings. The zero-order chi connectivity index (χ0) is 14.8. The van der Waals surface area contributed by atoms with Crippen molar-refractivity contribution in [2.75, 3.05) is 13.6 Å². The van der Waals surface area contributed by atoms with E-state index in [1.807, 2.05) is 0 Å². The molecule has 1 aliphatic carbocycles. The molecule has 1 heterocycles. The largest absolute Gasteiger partial charge is 0.319 e. The van der Waals surface area contributed by atoms with E-state index in [9.17, 15) is 0 Å². The molecule has 3 unspecified atom stereocenters. The Bertz CT molecular complexity index is 620. The predicted molar refractivity (Wildman–Crippen MR) is 89.7 cm³/mol. The first kappa shape index (κ1) is 14.5. The van der Waals surface area contributed by atoms with Gasteiger partial charge in [0.15, 0.2) is 0 Å². The molecular formula is C19H26N2. The van der Waals surface area contributed by atoms with Crippen LogP contribution in [0.1, 0.15) is 43.4 Å². The Morgan fingerprint density at radius 2 is 2.05 bits per heavy atom. The van der Waals surface area contributed by atoms with Crippen molar-refractivity contribution in [3.63, 3.8) is 0 Å². The van der Waals surface area contributed by atoms with Crippen LogP contribution in [-0.4, -0.2) is 18.6 Å². The van der Waals surface area contributed by atoms with Gasteiger partial charge < -0.3 is 5.32 Å². The third-order valence-electron chi connectivity index (χ3n) is 5.00. The van der Waals surface area contributed by atoms with E-state index in [1.54, 1.807) is 0 Å². The number of hydrogen-bond acceptors (Lipinski definition) is 2. The van der Waals surface area contributed by atoms with E-state index < -0.39 is 0 Å². The number of nitrogens with one attached hydrogen (secondary N) is 1. The normalized spacial score (nSPS) is 26.1. The minimum Gasteiger partial charge on any atom is -0.319 e. The van der Waals surface area contributed by atoms with Crippen molar-refractivity contribution in [2.24, 2.45) is 11.8 Å². The summed E-state index contributed by atoms with van der Waals surface area (Å²) in [4.78, 5) is 4.62. The first-order chi connectivity index (χ1) is 10.2. The van der Waals surface area contributed by atoms with E-state index in [0.717, 1.165) is 29.6 Å². The van der Waals surface area contributed by atoms with Gasteiger partial charge in [-0.2, -0.15) is 0 Å². The highest BCUT2D eigenvalue weighted by atomic mass is 14.8. The topological polar surface area (TPSA) is 24.9 Å². The van der Waals surface area contributed by atoms with E-state index in [1.165, 1.54) is 30.2 Å². The molecule has 2 aromatic rings. The molecule has 1 fully saturated rings. The van der Waals surface area contributed by atoms with Crippen LogP contribution in [-0.2, 0) is 0 Å². The first-order valence-corrected chi connectivity index (χ1v) is 8.19. The minimum absolute atomic E-state index is 0.687. The Kier molecular flexibility index (Phi) is 4.25. The van der Waals surface area contributed by atoms with Crippen molar-refractivity contribution in [2.45, 2.75) is 39.0 Å². The van der Waals surface area contributed by atoms with E-state index in [4.69, 9.17) is 0 Å². The van der Waals surface area contributed by atoms with Gasteiger partial charge in [0.25, 0.3) is 0 Å². The Balaban J connectivity index is 1.94. The molecule has 1 aromatic heterocycles. The number of fused-ring (bicyclic) bond motifs is 1. The van der Waals surface area contributed by atoms with E-state index in [2.05, 4.69) is 61.5 Å². The average Bonchev–Trinajstić information content (AvgIpc) is 2.49. The van der Waals surface area contributed by atoms with Gasteiger partial charge in [0.1, 0.15) is 0 Å². The zero-order valence-corrected chi connectivity index (χ0v) is 13.4. The summed E-state index contributed by atoms with van der Waals surface area (Å²) in [6.45, 7) is 5.58. The molecule has 0 radical (unpaired) electrons. The Labute approximate surface area is 128 Å². The van der Waals surface area contributed by atoms with E-state index in [-0.39, 0.29) is 0 Å². The van der Waals surface area contributed by atoms with E-state index >= 15 is 0 Å². The lowest BCUT2D eigenvalue weighted by Crippen LogP contribution is -2.29. The van der Waals surface area contributed by atoms with Crippen molar-refractivity contribution < 1.29 is 0 Å². The smallest absolute Gasteiger partial charge is 0.0705 e. The molecule has 0 saturated heterocycles. The number of aryl methyl sites for hydroxylation is 1. The molecule has 2 nitrogen and oxygen atoms in total. The van der Waals surface area contributed by atoms with Crippen LogP contribution in [0.15, 0.2) is 30.3 Å². The SMILES string of the molecule is CNCC1CCC(C)CC1c1ccc2nc(C)ccc2c1. The fourth-order valence-corrected chi connectivity index (χ4v) is 3.83. The summed E-state index contributed by atoms with van der Waals surface area (Å²) in [6.07, 6.45) is 4.03. The molecular weight excluding hydrogens is 256 g/mol. The lowest BCUT2D eigenvalue weighted by atomic mass is 9.71. The fourth-order valence-electron chi connectivity index (χ4n) is 3.83. The number of pyridine rings is 1. The van der Waals surface area contributed by atoms with Gasteiger partial charge in [0.05, 0.1) is 5.52 Å². The zero-order valence-electron chi connectivity index (χ0n) is 13.4. The van der Waals surface area contributed by atoms with Gasteiger partial charge in [-0.05, 0) is 74.9 Å². The van der Waals surface area contributed by atoms with Crippen molar-refractivity contribution in [1.29, 1.82) is 0 Å². The summed E-state index contributed by atoms with van der Waals surface area (Å²) >= 11 is 0. The van der Waals surface area contributed by atoms with Crippen molar-refractivity contribution >= 4 is 10.9 Å². The van der Waals surface area contributed by atoms with Gasteiger partial charge in [-0.25, -0.2) is 0 Å². The summed E-state index contributed by atoms with van der Waals surface area (Å²) in [7, 11) is 2.07. The average molecular weight is 282 g/mol. The maximum atomic E-state index is 4.62. The summed E-state index contributed by atoms with van der Waals surface area (Å²) in [5, 5.41) is 4.66.